The predicted octanol–water partition coefficient (Wildman–Crippen LogP) is 3.09. The summed E-state index contributed by atoms with van der Waals surface area (Å²) in [6.45, 7) is 1.42. The van der Waals surface area contributed by atoms with Crippen molar-refractivity contribution in [2.24, 2.45) is 5.92 Å². The van der Waals surface area contributed by atoms with Gasteiger partial charge in [0.2, 0.25) is 0 Å². The lowest BCUT2D eigenvalue weighted by Crippen LogP contribution is -2.62. The Balaban J connectivity index is 1.95. The second-order valence-corrected chi connectivity index (χ2v) is 7.86. The molecule has 0 radical (unpaired) electrons. The van der Waals surface area contributed by atoms with E-state index in [-0.39, 0.29) is 25.5 Å². The fourth-order valence-corrected chi connectivity index (χ4v) is 4.57. The topological polar surface area (TPSA) is 74.1 Å². The summed E-state index contributed by atoms with van der Waals surface area (Å²) in [7, 11) is -2.86. The summed E-state index contributed by atoms with van der Waals surface area (Å²) in [6.07, 6.45) is 1.91. The second kappa shape index (κ2) is 9.52. The molecule has 32 heavy (non-hydrogen) atoms. The van der Waals surface area contributed by atoms with Crippen molar-refractivity contribution in [3.63, 3.8) is 0 Å². The molecule has 1 saturated carbocycles. The molecule has 0 saturated heterocycles. The van der Waals surface area contributed by atoms with Gasteiger partial charge in [0.15, 0.2) is 23.8 Å². The minimum Gasteiger partial charge on any atom is -0.493 e. The van der Waals surface area contributed by atoms with Crippen molar-refractivity contribution in [1.29, 1.82) is 0 Å². The van der Waals surface area contributed by atoms with Gasteiger partial charge in [0, 0.05) is 25.2 Å². The number of hydrogen-bond acceptors (Lipinski definition) is 6. The Hall–Kier alpha value is -2.56. The Bertz CT molecular complexity index is 919. The van der Waals surface area contributed by atoms with Crippen LogP contribution in [0.1, 0.15) is 38.2 Å². The predicted molar refractivity (Wildman–Crippen MR) is 110 cm³/mol. The Morgan fingerprint density at radius 1 is 1.22 bits per heavy atom. The van der Waals surface area contributed by atoms with Gasteiger partial charge in [-0.1, -0.05) is 6.07 Å². The number of rotatable bonds is 9. The first-order chi connectivity index (χ1) is 15.1. The van der Waals surface area contributed by atoms with Crippen molar-refractivity contribution in [2.75, 3.05) is 27.4 Å². The Kier molecular flexibility index (Phi) is 7.17. The lowest BCUT2D eigenvalue weighted by atomic mass is 9.82. The Morgan fingerprint density at radius 2 is 1.94 bits per heavy atom. The molecule has 11 heteroatoms. The van der Waals surface area contributed by atoms with E-state index in [0.717, 1.165) is 17.7 Å². The third-order valence-corrected chi connectivity index (χ3v) is 5.94. The number of carbonyl (C=O) groups excluding carboxylic acids is 2. The van der Waals surface area contributed by atoms with E-state index in [1.807, 2.05) is 0 Å². The van der Waals surface area contributed by atoms with Crippen molar-refractivity contribution < 1.29 is 46.0 Å². The summed E-state index contributed by atoms with van der Waals surface area (Å²) in [6, 6.07) is 5.26. The van der Waals surface area contributed by atoms with Gasteiger partial charge in [-0.25, -0.2) is 9.59 Å². The maximum atomic E-state index is 13.4. The maximum Gasteiger partial charge on any atom is 0.638 e. The molecular formula is C21H27BF3NO6. The molecule has 0 bridgehead atoms. The summed E-state index contributed by atoms with van der Waals surface area (Å²) in [4.78, 5) is 26.0. The van der Waals surface area contributed by atoms with E-state index < -0.39 is 24.7 Å². The normalized spacial score (nSPS) is 23.2. The van der Waals surface area contributed by atoms with Crippen molar-refractivity contribution in [1.82, 2.24) is 0 Å². The highest BCUT2D eigenvalue weighted by Gasteiger charge is 2.63. The van der Waals surface area contributed by atoms with E-state index >= 15 is 0 Å². The van der Waals surface area contributed by atoms with Gasteiger partial charge < -0.3 is 31.8 Å². The standard InChI is InChI=1S/C21H27BF3NO6/c1-4-31-20(28)21(32-22(23,24)25)13-15-6-5-7-16(15)26(19(21)27)11-10-14-8-9-17(29-2)18(12-14)30-3/h8-9,12,15H,4-7,10-11,13H2,1-3H3/t15-,21+/m1/s1. The van der Waals surface area contributed by atoms with Crippen molar-refractivity contribution >= 4 is 24.8 Å². The molecule has 0 aromatic heterocycles. The van der Waals surface area contributed by atoms with Crippen LogP contribution in [0.4, 0.5) is 12.9 Å². The van der Waals surface area contributed by atoms with Crippen molar-refractivity contribution in [3.8, 4) is 11.5 Å². The Morgan fingerprint density at radius 3 is 2.56 bits per heavy atom. The molecule has 1 aliphatic carbocycles. The zero-order valence-electron chi connectivity index (χ0n) is 18.4. The van der Waals surface area contributed by atoms with Crippen LogP contribution in [0.15, 0.2) is 18.2 Å². The van der Waals surface area contributed by atoms with Crippen molar-refractivity contribution in [3.05, 3.63) is 23.8 Å². The lowest BCUT2D eigenvalue weighted by Gasteiger charge is -2.37. The van der Waals surface area contributed by atoms with E-state index in [0.29, 0.717) is 30.8 Å². The number of benzene rings is 1. The molecule has 1 aromatic carbocycles. The van der Waals surface area contributed by atoms with Crippen LogP contribution < -0.4 is 9.47 Å². The third kappa shape index (κ3) is 4.77. The van der Waals surface area contributed by atoms with Crippen LogP contribution in [0.2, 0.25) is 0 Å². The molecule has 1 aliphatic heterocycles. The minimum absolute atomic E-state index is 0.107. The van der Waals surface area contributed by atoms with Gasteiger partial charge in [-0.15, -0.1) is 0 Å². The highest BCUT2D eigenvalue weighted by Crippen LogP contribution is 2.40. The number of carbonyl (C=O) groups is 2. The van der Waals surface area contributed by atoms with E-state index in [1.165, 1.54) is 25.7 Å². The molecule has 1 heterocycles. The number of amides is 1. The number of ether oxygens (including phenoxy) is 3. The van der Waals surface area contributed by atoms with Gasteiger partial charge in [0.1, 0.15) is 0 Å². The molecule has 1 amide bonds. The quantitative estimate of drug-likeness (QED) is 0.246. The summed E-state index contributed by atoms with van der Waals surface area (Å²) in [5.41, 5.74) is -1.14. The van der Waals surface area contributed by atoms with Crippen LogP contribution in [-0.4, -0.2) is 62.3 Å². The van der Waals surface area contributed by atoms with Gasteiger partial charge in [-0.05, 0) is 37.5 Å². The van der Waals surface area contributed by atoms with Crippen LogP contribution in [-0.2, 0) is 25.4 Å². The molecular weight excluding hydrogens is 430 g/mol. The highest BCUT2D eigenvalue weighted by molar-refractivity contribution is 6.52. The molecule has 176 valence electrons. The molecule has 0 spiro atoms. The molecule has 1 fully saturated rings. The van der Waals surface area contributed by atoms with Crippen LogP contribution >= 0.6 is 0 Å². The van der Waals surface area contributed by atoms with Gasteiger partial charge in [0.05, 0.1) is 20.8 Å². The summed E-state index contributed by atoms with van der Waals surface area (Å²) in [5, 5.41) is 0. The molecule has 0 N–H and O–H groups in total. The monoisotopic (exact) mass is 457 g/mol. The number of halogens is 3. The first-order valence-corrected chi connectivity index (χ1v) is 10.6. The molecule has 3 rings (SSSR count). The molecule has 0 unspecified atom stereocenters. The minimum atomic E-state index is -5.87. The van der Waals surface area contributed by atoms with Crippen LogP contribution in [0.3, 0.4) is 0 Å². The molecule has 2 atom stereocenters. The van der Waals surface area contributed by atoms with Crippen LogP contribution in [0, 0.1) is 5.92 Å². The van der Waals surface area contributed by atoms with Gasteiger partial charge in [-0.2, -0.15) is 4.58 Å². The summed E-state index contributed by atoms with van der Waals surface area (Å²) in [5.74, 6) is -1.60. The lowest BCUT2D eigenvalue weighted by molar-refractivity contribution is -0.465. The number of methoxy groups -OCH3 is 2. The number of esters is 1. The summed E-state index contributed by atoms with van der Waals surface area (Å²) < 4.78 is 61.1. The molecule has 1 aromatic rings. The van der Waals surface area contributed by atoms with Crippen LogP contribution in [0.5, 0.6) is 11.5 Å². The number of fused-ring (bicyclic) bond motifs is 1. The van der Waals surface area contributed by atoms with E-state index in [1.54, 1.807) is 18.2 Å². The maximum absolute atomic E-state index is 13.4. The smallest absolute Gasteiger partial charge is 0.493 e. The van der Waals surface area contributed by atoms with E-state index in [4.69, 9.17) is 14.2 Å². The van der Waals surface area contributed by atoms with E-state index in [2.05, 4.69) is 4.65 Å². The van der Waals surface area contributed by atoms with Gasteiger partial charge in [-0.3, -0.25) is 0 Å². The SMILES string of the molecule is CCOC(=O)[C@]1(O[B-](F)(F)F)C[C@H]2CCCC2=[N+](CCc2ccc(OC)c(OC)c2)C1=O. The van der Waals surface area contributed by atoms with E-state index in [9.17, 15) is 22.5 Å². The van der Waals surface area contributed by atoms with Crippen LogP contribution in [0.25, 0.3) is 0 Å². The second-order valence-electron chi connectivity index (χ2n) is 7.86. The summed E-state index contributed by atoms with van der Waals surface area (Å²) >= 11 is 0. The average molecular weight is 457 g/mol. The van der Waals surface area contributed by atoms with Gasteiger partial charge in [0.25, 0.3) is 5.60 Å². The van der Waals surface area contributed by atoms with Crippen molar-refractivity contribution in [2.45, 2.75) is 44.6 Å². The molecule has 7 nitrogen and oxygen atoms in total. The molecule has 2 aliphatic rings. The highest BCUT2D eigenvalue weighted by atomic mass is 19.4. The van der Waals surface area contributed by atoms with Gasteiger partial charge >= 0.3 is 19.1 Å². The number of nitrogens with zero attached hydrogens (tertiary/aromatic N) is 1. The number of hydrogen-bond donors (Lipinski definition) is 0. The average Bonchev–Trinajstić information content (AvgIpc) is 3.20. The first-order valence-electron chi connectivity index (χ1n) is 10.6. The zero-order valence-corrected chi connectivity index (χ0v) is 18.4. The fourth-order valence-electron chi connectivity index (χ4n) is 4.57. The fraction of sp³-hybridized carbons (Fsp3) is 0.571. The first kappa shape index (κ1) is 24.1. The third-order valence-electron chi connectivity index (χ3n) is 5.94. The Labute approximate surface area is 184 Å². The zero-order chi connectivity index (χ0) is 23.5. The largest absolute Gasteiger partial charge is 0.638 e.